The fraction of sp³-hybridized carbons (Fsp3) is 0.105. The van der Waals surface area contributed by atoms with Crippen molar-refractivity contribution < 1.29 is 10.0 Å². The first-order valence-corrected chi connectivity index (χ1v) is 7.97. The van der Waals surface area contributed by atoms with E-state index in [1.807, 2.05) is 37.5 Å². The predicted octanol–water partition coefficient (Wildman–Crippen LogP) is 2.99. The topological polar surface area (TPSA) is 124 Å². The first-order valence-electron chi connectivity index (χ1n) is 7.97. The molecule has 0 saturated heterocycles. The number of nitrogens with zero attached hydrogens (tertiary/aromatic N) is 1. The van der Waals surface area contributed by atoms with Gasteiger partial charge in [-0.3, -0.25) is 20.9 Å². The van der Waals surface area contributed by atoms with Crippen LogP contribution < -0.4 is 16.5 Å². The number of hydrogen-bond donors (Lipinski definition) is 5. The van der Waals surface area contributed by atoms with Crippen molar-refractivity contribution in [1.82, 2.24) is 10.5 Å². The number of anilines is 2. The van der Waals surface area contributed by atoms with Crippen LogP contribution in [0.25, 0.3) is 10.9 Å². The van der Waals surface area contributed by atoms with Gasteiger partial charge < -0.3 is 11.1 Å². The van der Waals surface area contributed by atoms with E-state index in [2.05, 4.69) is 10.3 Å². The quantitative estimate of drug-likeness (QED) is 0.282. The van der Waals surface area contributed by atoms with Gasteiger partial charge in [0.1, 0.15) is 11.7 Å². The minimum absolute atomic E-state index is 0.109. The summed E-state index contributed by atoms with van der Waals surface area (Å²) >= 11 is 0. The largest absolute Gasteiger partial charge is 0.384 e. The van der Waals surface area contributed by atoms with E-state index < -0.39 is 0 Å². The third-order valence-electron chi connectivity index (χ3n) is 4.15. The molecule has 6 N–H and O–H groups in total. The van der Waals surface area contributed by atoms with E-state index in [-0.39, 0.29) is 17.6 Å². The maximum Gasteiger partial charge on any atom is 0.256 e. The lowest BCUT2D eigenvalue weighted by atomic mass is 10.0. The summed E-state index contributed by atoms with van der Waals surface area (Å²) in [5, 5.41) is 20.2. The summed E-state index contributed by atoms with van der Waals surface area (Å²) in [6.45, 7) is 3.66. The number of aryl methyl sites for hydroxylation is 2. The highest BCUT2D eigenvalue weighted by molar-refractivity contribution is 6.13. The van der Waals surface area contributed by atoms with Crippen LogP contribution in [0, 0.1) is 19.3 Å². The molecule has 0 atom stereocenters. The zero-order chi connectivity index (χ0) is 18.8. The van der Waals surface area contributed by atoms with Crippen molar-refractivity contribution in [2.75, 3.05) is 11.1 Å². The summed E-state index contributed by atoms with van der Waals surface area (Å²) in [6.07, 6.45) is 0. The Morgan fingerprint density at radius 3 is 2.46 bits per heavy atom. The molecule has 0 unspecified atom stereocenters. The second-order valence-corrected chi connectivity index (χ2v) is 6.04. The number of hydroxylamine groups is 1. The Kier molecular flexibility index (Phi) is 4.55. The van der Waals surface area contributed by atoms with Gasteiger partial charge in [-0.25, -0.2) is 4.98 Å². The fourth-order valence-corrected chi connectivity index (χ4v) is 2.93. The van der Waals surface area contributed by atoms with Gasteiger partial charge in [-0.15, -0.1) is 0 Å². The summed E-state index contributed by atoms with van der Waals surface area (Å²) in [7, 11) is 0. The highest BCUT2D eigenvalue weighted by Crippen LogP contribution is 2.25. The number of aromatic nitrogens is 1. The lowest BCUT2D eigenvalue weighted by Crippen LogP contribution is -2.20. The lowest BCUT2D eigenvalue weighted by molar-refractivity contribution is 0.102. The van der Waals surface area contributed by atoms with E-state index >= 15 is 0 Å². The number of nitrogens with two attached hydrogens (primary N) is 1. The first-order chi connectivity index (χ1) is 12.4. The average Bonchev–Trinajstić information content (AvgIpc) is 2.62. The molecule has 132 valence electrons. The Morgan fingerprint density at radius 1 is 1.15 bits per heavy atom. The van der Waals surface area contributed by atoms with Crippen molar-refractivity contribution in [2.45, 2.75) is 13.8 Å². The Bertz CT molecular complexity index is 1010. The molecular weight excluding hydrogens is 330 g/mol. The molecule has 0 aliphatic heterocycles. The second kappa shape index (κ2) is 6.81. The molecule has 1 heterocycles. The number of nitrogens with one attached hydrogen (secondary N) is 3. The molecule has 0 aliphatic carbocycles. The Balaban J connectivity index is 2.00. The normalized spacial score (nSPS) is 10.6. The van der Waals surface area contributed by atoms with Crippen molar-refractivity contribution in [3.63, 3.8) is 0 Å². The second-order valence-electron chi connectivity index (χ2n) is 6.04. The molecule has 0 radical (unpaired) electrons. The molecule has 0 saturated carbocycles. The van der Waals surface area contributed by atoms with Crippen LogP contribution in [0.5, 0.6) is 0 Å². The summed E-state index contributed by atoms with van der Waals surface area (Å²) in [5.74, 6) is -0.119. The molecule has 7 nitrogen and oxygen atoms in total. The van der Waals surface area contributed by atoms with Gasteiger partial charge in [-0.2, -0.15) is 0 Å². The zero-order valence-electron chi connectivity index (χ0n) is 14.4. The molecule has 1 amide bonds. The molecule has 1 aromatic heterocycles. The van der Waals surface area contributed by atoms with Crippen LogP contribution in [0.15, 0.2) is 42.5 Å². The van der Waals surface area contributed by atoms with Crippen LogP contribution in [0.1, 0.15) is 27.0 Å². The standard InChI is InChI=1S/C19H19N5O2/c1-10-7-12(18(21)24-26)8-11(2)17(10)23-19(25)14-9-16(20)22-15-6-4-3-5-13(14)15/h3-9,26H,1-2H3,(H2,20,22)(H2,21,24)(H,23,25). The fourth-order valence-electron chi connectivity index (χ4n) is 2.93. The van der Waals surface area contributed by atoms with Crippen molar-refractivity contribution in [1.29, 1.82) is 5.41 Å². The monoisotopic (exact) mass is 349 g/mol. The van der Waals surface area contributed by atoms with E-state index in [1.165, 1.54) is 0 Å². The van der Waals surface area contributed by atoms with Gasteiger partial charge in [-0.05, 0) is 49.2 Å². The van der Waals surface area contributed by atoms with Gasteiger partial charge in [0.2, 0.25) is 0 Å². The molecule has 0 bridgehead atoms. The minimum atomic E-state index is -0.287. The van der Waals surface area contributed by atoms with Gasteiger partial charge in [0, 0.05) is 16.6 Å². The third kappa shape index (κ3) is 3.20. The van der Waals surface area contributed by atoms with Crippen LogP contribution in [-0.2, 0) is 0 Å². The van der Waals surface area contributed by atoms with Crippen LogP contribution in [-0.4, -0.2) is 21.9 Å². The summed E-state index contributed by atoms with van der Waals surface area (Å²) < 4.78 is 0. The van der Waals surface area contributed by atoms with Gasteiger partial charge in [0.05, 0.1) is 11.1 Å². The Labute approximate surface area is 150 Å². The molecule has 2 aromatic carbocycles. The highest BCUT2D eigenvalue weighted by atomic mass is 16.5. The van der Waals surface area contributed by atoms with E-state index in [4.69, 9.17) is 16.4 Å². The van der Waals surface area contributed by atoms with E-state index in [0.717, 1.165) is 16.5 Å². The van der Waals surface area contributed by atoms with Crippen molar-refractivity contribution in [3.8, 4) is 0 Å². The number of amidine groups is 1. The third-order valence-corrected chi connectivity index (χ3v) is 4.15. The maximum absolute atomic E-state index is 12.9. The molecule has 0 fully saturated rings. The number of nitrogen functional groups attached to an aromatic ring is 1. The number of benzene rings is 2. The van der Waals surface area contributed by atoms with Crippen LogP contribution in [0.4, 0.5) is 11.5 Å². The SMILES string of the molecule is Cc1cc(C(=N)NO)cc(C)c1NC(=O)c1cc(N)nc2ccccc12. The summed E-state index contributed by atoms with van der Waals surface area (Å²) in [4.78, 5) is 17.1. The zero-order valence-corrected chi connectivity index (χ0v) is 14.4. The lowest BCUT2D eigenvalue weighted by Gasteiger charge is -2.15. The van der Waals surface area contributed by atoms with Crippen molar-refractivity contribution in [3.05, 3.63) is 64.7 Å². The van der Waals surface area contributed by atoms with Gasteiger partial charge in [0.25, 0.3) is 5.91 Å². The molecule has 3 rings (SSSR count). The highest BCUT2D eigenvalue weighted by Gasteiger charge is 2.15. The van der Waals surface area contributed by atoms with Crippen LogP contribution in [0.3, 0.4) is 0 Å². The van der Waals surface area contributed by atoms with E-state index in [9.17, 15) is 4.79 Å². The van der Waals surface area contributed by atoms with Crippen LogP contribution >= 0.6 is 0 Å². The Hall–Kier alpha value is -3.45. The maximum atomic E-state index is 12.9. The minimum Gasteiger partial charge on any atom is -0.384 e. The van der Waals surface area contributed by atoms with Crippen LogP contribution in [0.2, 0.25) is 0 Å². The molecule has 3 aromatic rings. The Morgan fingerprint density at radius 2 is 1.81 bits per heavy atom. The molecule has 0 spiro atoms. The number of carbonyl (C=O) groups is 1. The van der Waals surface area contributed by atoms with E-state index in [0.29, 0.717) is 22.3 Å². The van der Waals surface area contributed by atoms with Crippen molar-refractivity contribution in [2.24, 2.45) is 0 Å². The van der Waals surface area contributed by atoms with Gasteiger partial charge >= 0.3 is 0 Å². The van der Waals surface area contributed by atoms with Gasteiger partial charge in [-0.1, -0.05) is 18.2 Å². The molecule has 0 aliphatic rings. The number of carbonyl (C=O) groups excluding carboxylic acids is 1. The van der Waals surface area contributed by atoms with Crippen molar-refractivity contribution >= 4 is 34.2 Å². The predicted molar refractivity (Wildman–Crippen MR) is 102 cm³/mol. The summed E-state index contributed by atoms with van der Waals surface area (Å²) in [5.41, 5.74) is 11.5. The summed E-state index contributed by atoms with van der Waals surface area (Å²) in [6, 6.07) is 12.3. The smallest absolute Gasteiger partial charge is 0.256 e. The number of para-hydroxylation sites is 1. The van der Waals surface area contributed by atoms with Gasteiger partial charge in [0.15, 0.2) is 0 Å². The molecular formula is C19H19N5O2. The molecule has 26 heavy (non-hydrogen) atoms. The number of fused-ring (bicyclic) bond motifs is 1. The number of pyridine rings is 1. The number of hydrogen-bond acceptors (Lipinski definition) is 5. The number of amides is 1. The van der Waals surface area contributed by atoms with E-state index in [1.54, 1.807) is 24.3 Å². The first kappa shape index (κ1) is 17.4. The number of rotatable bonds is 3. The molecule has 7 heteroatoms. The average molecular weight is 349 g/mol.